The van der Waals surface area contributed by atoms with Gasteiger partial charge in [-0.3, -0.25) is 14.2 Å². The molecule has 0 aliphatic heterocycles. The highest BCUT2D eigenvalue weighted by atomic mass is 79.9. The van der Waals surface area contributed by atoms with Crippen LogP contribution >= 0.6 is 27.5 Å². The van der Waals surface area contributed by atoms with E-state index in [1.807, 2.05) is 13.1 Å². The van der Waals surface area contributed by atoms with Crippen LogP contribution in [0.1, 0.15) is 23.0 Å². The normalized spacial score (nSPS) is 11.3. The molecule has 0 atom stereocenters. The Hall–Kier alpha value is -3.57. The number of benzene rings is 1. The number of anilines is 1. The van der Waals surface area contributed by atoms with Gasteiger partial charge in [-0.2, -0.15) is 15.3 Å². The summed E-state index contributed by atoms with van der Waals surface area (Å²) in [5.74, 6) is -0.599. The highest BCUT2D eigenvalue weighted by Gasteiger charge is 2.19. The second kappa shape index (κ2) is 8.99. The van der Waals surface area contributed by atoms with E-state index in [-0.39, 0.29) is 22.4 Å². The second-order valence-electron chi connectivity index (χ2n) is 7.41. The Morgan fingerprint density at radius 1 is 1.12 bits per heavy atom. The van der Waals surface area contributed by atoms with E-state index in [0.717, 1.165) is 10.0 Å². The Kier molecular flexibility index (Phi) is 5.88. The van der Waals surface area contributed by atoms with E-state index in [1.165, 1.54) is 12.1 Å². The molecule has 12 heteroatoms. The van der Waals surface area contributed by atoms with Gasteiger partial charge in [-0.05, 0) is 46.6 Å². The fraction of sp³-hybridized carbons (Fsp3) is 0.136. The van der Waals surface area contributed by atoms with Crippen molar-refractivity contribution in [2.45, 2.75) is 20.0 Å². The van der Waals surface area contributed by atoms with Crippen LogP contribution in [0.15, 0.2) is 59.5 Å². The van der Waals surface area contributed by atoms with Gasteiger partial charge in [-0.15, -0.1) is 0 Å². The van der Waals surface area contributed by atoms with Gasteiger partial charge in [-0.25, -0.2) is 13.9 Å². The van der Waals surface area contributed by atoms with Crippen LogP contribution in [-0.4, -0.2) is 40.1 Å². The van der Waals surface area contributed by atoms with Crippen LogP contribution in [0.4, 0.5) is 10.2 Å². The summed E-state index contributed by atoms with van der Waals surface area (Å²) in [6.45, 7) is 3.08. The Morgan fingerprint density at radius 3 is 2.65 bits per heavy atom. The topological polar surface area (TPSA) is 94.9 Å². The van der Waals surface area contributed by atoms with Gasteiger partial charge in [0.05, 0.1) is 16.7 Å². The molecule has 0 bridgehead atoms. The average molecular weight is 544 g/mol. The van der Waals surface area contributed by atoms with Gasteiger partial charge in [0.1, 0.15) is 16.5 Å². The van der Waals surface area contributed by atoms with Crippen LogP contribution < -0.4 is 5.32 Å². The third-order valence-electron chi connectivity index (χ3n) is 5.08. The SMILES string of the molecule is CCn1cc(Br)c(-c2ccnc3cc(C(=O)Nc4nn(Cc5ccc(F)cc5)cc4Cl)nn23)n1. The summed E-state index contributed by atoms with van der Waals surface area (Å²) in [6, 6.07) is 9.43. The first-order valence-electron chi connectivity index (χ1n) is 10.3. The number of carbonyl (C=O) groups is 1. The number of amides is 1. The van der Waals surface area contributed by atoms with Crippen LogP contribution in [0.3, 0.4) is 0 Å². The predicted molar refractivity (Wildman–Crippen MR) is 128 cm³/mol. The number of fused-ring (bicyclic) bond motifs is 1. The molecule has 0 spiro atoms. The number of rotatable bonds is 6. The lowest BCUT2D eigenvalue weighted by Gasteiger charge is -2.02. The van der Waals surface area contributed by atoms with Crippen molar-refractivity contribution in [3.05, 3.63) is 81.6 Å². The molecule has 0 aliphatic carbocycles. The summed E-state index contributed by atoms with van der Waals surface area (Å²) in [5.41, 5.74) is 2.86. The number of hydrogen-bond acceptors (Lipinski definition) is 5. The van der Waals surface area contributed by atoms with Crippen LogP contribution in [-0.2, 0) is 13.1 Å². The van der Waals surface area contributed by atoms with E-state index < -0.39 is 5.91 Å². The van der Waals surface area contributed by atoms with Crippen LogP contribution in [0.5, 0.6) is 0 Å². The molecular formula is C22H17BrClFN8O. The van der Waals surface area contributed by atoms with Gasteiger partial charge >= 0.3 is 0 Å². The largest absolute Gasteiger partial charge is 0.302 e. The lowest BCUT2D eigenvalue weighted by Crippen LogP contribution is -2.14. The highest BCUT2D eigenvalue weighted by molar-refractivity contribution is 9.10. The van der Waals surface area contributed by atoms with E-state index in [2.05, 4.69) is 41.5 Å². The highest BCUT2D eigenvalue weighted by Crippen LogP contribution is 2.27. The van der Waals surface area contributed by atoms with Gasteiger partial charge in [0.15, 0.2) is 17.2 Å². The first kappa shape index (κ1) is 22.2. The first-order chi connectivity index (χ1) is 16.4. The molecule has 0 saturated heterocycles. The van der Waals surface area contributed by atoms with E-state index in [9.17, 15) is 9.18 Å². The molecule has 34 heavy (non-hydrogen) atoms. The number of halogens is 3. The quantitative estimate of drug-likeness (QED) is 0.336. The predicted octanol–water partition coefficient (Wildman–Crippen LogP) is 4.66. The maximum absolute atomic E-state index is 13.1. The average Bonchev–Trinajstić information content (AvgIpc) is 3.52. The Morgan fingerprint density at radius 2 is 1.91 bits per heavy atom. The fourth-order valence-corrected chi connectivity index (χ4v) is 4.15. The third-order valence-corrected chi connectivity index (χ3v) is 5.94. The van der Waals surface area contributed by atoms with E-state index in [4.69, 9.17) is 11.6 Å². The zero-order valence-electron chi connectivity index (χ0n) is 17.8. The zero-order chi connectivity index (χ0) is 23.8. The molecular weight excluding hydrogens is 527 g/mol. The van der Waals surface area contributed by atoms with E-state index >= 15 is 0 Å². The van der Waals surface area contributed by atoms with Crippen molar-refractivity contribution in [2.75, 3.05) is 5.32 Å². The van der Waals surface area contributed by atoms with Gasteiger partial charge < -0.3 is 5.32 Å². The molecule has 4 heterocycles. The molecule has 0 fully saturated rings. The molecule has 0 aliphatic rings. The maximum atomic E-state index is 13.1. The summed E-state index contributed by atoms with van der Waals surface area (Å²) in [4.78, 5) is 17.2. The third kappa shape index (κ3) is 4.31. The summed E-state index contributed by atoms with van der Waals surface area (Å²) in [6.07, 6.45) is 5.11. The molecule has 1 amide bonds. The molecule has 4 aromatic heterocycles. The number of aryl methyl sites for hydroxylation is 1. The smallest absolute Gasteiger partial charge is 0.277 e. The van der Waals surface area contributed by atoms with Crippen molar-refractivity contribution >= 4 is 44.9 Å². The summed E-state index contributed by atoms with van der Waals surface area (Å²) < 4.78 is 18.9. The maximum Gasteiger partial charge on any atom is 0.277 e. The lowest BCUT2D eigenvalue weighted by atomic mass is 10.2. The zero-order valence-corrected chi connectivity index (χ0v) is 20.1. The van der Waals surface area contributed by atoms with Crippen molar-refractivity contribution in [1.82, 2.24) is 34.2 Å². The Balaban J connectivity index is 1.39. The van der Waals surface area contributed by atoms with Gasteiger partial charge in [0, 0.05) is 31.2 Å². The number of nitrogens with one attached hydrogen (secondary N) is 1. The lowest BCUT2D eigenvalue weighted by molar-refractivity contribution is 0.102. The molecule has 1 aromatic carbocycles. The Labute approximate surface area is 206 Å². The summed E-state index contributed by atoms with van der Waals surface area (Å²) in [7, 11) is 0. The standard InChI is InChI=1S/C22H17BrClFN8O/c1-2-31-11-15(23)20(29-31)18-7-8-26-19-9-17(28-33(18)19)22(34)27-21-16(24)12-32(30-21)10-13-3-5-14(25)6-4-13/h3-9,11-12H,2,10H2,1H3,(H,27,30,34). The van der Waals surface area contributed by atoms with Gasteiger partial charge in [0.2, 0.25) is 0 Å². The van der Waals surface area contributed by atoms with Crippen molar-refractivity contribution in [2.24, 2.45) is 0 Å². The first-order valence-corrected chi connectivity index (χ1v) is 11.4. The second-order valence-corrected chi connectivity index (χ2v) is 8.68. The molecule has 0 unspecified atom stereocenters. The van der Waals surface area contributed by atoms with Crippen LogP contribution in [0.2, 0.25) is 5.02 Å². The van der Waals surface area contributed by atoms with Crippen molar-refractivity contribution in [3.8, 4) is 11.4 Å². The fourth-order valence-electron chi connectivity index (χ4n) is 3.43. The molecule has 1 N–H and O–H groups in total. The minimum absolute atomic E-state index is 0.148. The minimum atomic E-state index is -0.483. The van der Waals surface area contributed by atoms with Crippen LogP contribution in [0, 0.1) is 5.82 Å². The summed E-state index contributed by atoms with van der Waals surface area (Å²) >= 11 is 9.80. The monoisotopic (exact) mass is 542 g/mol. The number of nitrogens with zero attached hydrogens (tertiary/aromatic N) is 7. The summed E-state index contributed by atoms with van der Waals surface area (Å²) in [5, 5.41) is 16.3. The molecule has 5 aromatic rings. The molecule has 172 valence electrons. The van der Waals surface area contributed by atoms with Crippen molar-refractivity contribution in [3.63, 3.8) is 0 Å². The van der Waals surface area contributed by atoms with Gasteiger partial charge in [0.25, 0.3) is 5.91 Å². The Bertz CT molecular complexity index is 1510. The van der Waals surface area contributed by atoms with Gasteiger partial charge in [-0.1, -0.05) is 23.7 Å². The van der Waals surface area contributed by atoms with E-state index in [0.29, 0.717) is 30.1 Å². The molecule has 0 saturated carbocycles. The minimum Gasteiger partial charge on any atom is -0.302 e. The van der Waals surface area contributed by atoms with Crippen molar-refractivity contribution in [1.29, 1.82) is 0 Å². The van der Waals surface area contributed by atoms with Crippen molar-refractivity contribution < 1.29 is 9.18 Å². The molecule has 5 rings (SSSR count). The number of hydrogen-bond donors (Lipinski definition) is 1. The molecule has 0 radical (unpaired) electrons. The van der Waals surface area contributed by atoms with E-state index in [1.54, 1.807) is 50.5 Å². The number of aromatic nitrogens is 7. The van der Waals surface area contributed by atoms with Crippen LogP contribution in [0.25, 0.3) is 17.0 Å². The number of carbonyl (C=O) groups excluding carboxylic acids is 1. The molecule has 9 nitrogen and oxygen atoms in total.